The fourth-order valence-electron chi connectivity index (χ4n) is 3.47. The second-order valence-corrected chi connectivity index (χ2v) is 8.64. The molecule has 1 N–H and O–H groups in total. The van der Waals surface area contributed by atoms with Crippen molar-refractivity contribution >= 4 is 34.9 Å². The Labute approximate surface area is 202 Å². The van der Waals surface area contributed by atoms with Gasteiger partial charge in [-0.2, -0.15) is 5.10 Å². The highest BCUT2D eigenvalue weighted by Crippen LogP contribution is 2.25. The normalized spacial score (nSPS) is 10.9. The van der Waals surface area contributed by atoms with Crippen LogP contribution in [-0.2, 0) is 13.2 Å². The van der Waals surface area contributed by atoms with Crippen LogP contribution in [0.2, 0.25) is 10.0 Å². The van der Waals surface area contributed by atoms with Crippen LogP contribution in [0.4, 0.5) is 5.82 Å². The summed E-state index contributed by atoms with van der Waals surface area (Å²) in [5.41, 5.74) is 3.85. The first-order chi connectivity index (χ1) is 15.8. The minimum Gasteiger partial charge on any atom is -0.485 e. The maximum absolute atomic E-state index is 12.6. The summed E-state index contributed by atoms with van der Waals surface area (Å²) >= 11 is 12.2. The van der Waals surface area contributed by atoms with Crippen LogP contribution >= 0.6 is 23.2 Å². The van der Waals surface area contributed by atoms with Crippen molar-refractivity contribution in [2.45, 2.75) is 33.9 Å². The lowest BCUT2D eigenvalue weighted by atomic mass is 10.1. The largest absolute Gasteiger partial charge is 0.485 e. The Kier molecular flexibility index (Phi) is 6.77. The van der Waals surface area contributed by atoms with Gasteiger partial charge in [0.15, 0.2) is 11.6 Å². The zero-order valence-electron chi connectivity index (χ0n) is 18.5. The number of nitrogens with one attached hydrogen (secondary N) is 1. The van der Waals surface area contributed by atoms with E-state index in [-0.39, 0.29) is 18.3 Å². The number of halogens is 2. The molecular formula is C25H23Cl2N3O3. The van der Waals surface area contributed by atoms with Gasteiger partial charge in [-0.1, -0.05) is 47.5 Å². The number of carbonyl (C=O) groups excluding carboxylic acids is 1. The molecule has 8 heteroatoms. The van der Waals surface area contributed by atoms with E-state index in [1.807, 2.05) is 45.0 Å². The Bertz CT molecular complexity index is 1290. The predicted molar refractivity (Wildman–Crippen MR) is 129 cm³/mol. The molecule has 2 aromatic carbocycles. The molecule has 1 amide bonds. The molecule has 0 saturated carbocycles. The molecule has 0 spiro atoms. The van der Waals surface area contributed by atoms with E-state index < -0.39 is 0 Å². The van der Waals surface area contributed by atoms with E-state index in [4.69, 9.17) is 32.4 Å². The van der Waals surface area contributed by atoms with E-state index in [2.05, 4.69) is 10.4 Å². The van der Waals surface area contributed by atoms with Gasteiger partial charge in [-0.3, -0.25) is 9.48 Å². The van der Waals surface area contributed by atoms with Crippen LogP contribution in [0.15, 0.2) is 59.0 Å². The second kappa shape index (κ2) is 9.73. The SMILES string of the molecule is Cc1cccc(C)c1OCc1ccc(C(=O)Nc2cc(C)n(Cc3ccc(Cl)cc3Cl)n2)o1. The van der Waals surface area contributed by atoms with Gasteiger partial charge in [0.2, 0.25) is 0 Å². The number of para-hydroxylation sites is 1. The minimum absolute atomic E-state index is 0.183. The van der Waals surface area contributed by atoms with Gasteiger partial charge < -0.3 is 14.5 Å². The lowest BCUT2D eigenvalue weighted by Gasteiger charge is -2.10. The van der Waals surface area contributed by atoms with Crippen molar-refractivity contribution in [3.63, 3.8) is 0 Å². The van der Waals surface area contributed by atoms with Crippen molar-refractivity contribution in [2.24, 2.45) is 0 Å². The first-order valence-electron chi connectivity index (χ1n) is 10.4. The van der Waals surface area contributed by atoms with Crippen LogP contribution in [0.5, 0.6) is 5.75 Å². The van der Waals surface area contributed by atoms with Crippen molar-refractivity contribution in [2.75, 3.05) is 5.32 Å². The highest BCUT2D eigenvalue weighted by Gasteiger charge is 2.15. The Hall–Kier alpha value is -3.22. The zero-order valence-corrected chi connectivity index (χ0v) is 20.0. The third-order valence-corrected chi connectivity index (χ3v) is 5.80. The number of nitrogens with zero attached hydrogens (tertiary/aromatic N) is 2. The molecule has 0 radical (unpaired) electrons. The average Bonchev–Trinajstić information content (AvgIpc) is 3.36. The molecular weight excluding hydrogens is 461 g/mol. The number of anilines is 1. The molecule has 0 fully saturated rings. The number of amides is 1. The van der Waals surface area contributed by atoms with Gasteiger partial charge >= 0.3 is 0 Å². The summed E-state index contributed by atoms with van der Waals surface area (Å²) in [6.07, 6.45) is 0. The fourth-order valence-corrected chi connectivity index (χ4v) is 3.94. The lowest BCUT2D eigenvalue weighted by molar-refractivity contribution is 0.0992. The Morgan fingerprint density at radius 2 is 1.82 bits per heavy atom. The monoisotopic (exact) mass is 483 g/mol. The van der Waals surface area contributed by atoms with Crippen molar-refractivity contribution in [3.05, 3.63) is 98.5 Å². The molecule has 0 aliphatic heterocycles. The van der Waals surface area contributed by atoms with E-state index in [0.717, 1.165) is 28.1 Å². The smallest absolute Gasteiger partial charge is 0.292 e. The van der Waals surface area contributed by atoms with Crippen LogP contribution in [0.25, 0.3) is 0 Å². The fraction of sp³-hybridized carbons (Fsp3) is 0.200. The number of aromatic nitrogens is 2. The molecule has 6 nitrogen and oxygen atoms in total. The predicted octanol–water partition coefficient (Wildman–Crippen LogP) is 6.59. The van der Waals surface area contributed by atoms with Crippen LogP contribution in [-0.4, -0.2) is 15.7 Å². The third-order valence-electron chi connectivity index (χ3n) is 5.21. The van der Waals surface area contributed by atoms with Gasteiger partial charge in [-0.15, -0.1) is 0 Å². The van der Waals surface area contributed by atoms with Crippen molar-refractivity contribution in [1.29, 1.82) is 0 Å². The average molecular weight is 484 g/mol. The standard InChI is InChI=1S/C25H23Cl2N3O3/c1-15-5-4-6-16(2)24(15)32-14-20-9-10-22(33-20)25(31)28-23-11-17(3)30(29-23)13-18-7-8-19(26)12-21(18)27/h4-12H,13-14H2,1-3H3,(H,28,29,31). The number of aryl methyl sites for hydroxylation is 3. The van der Waals surface area contributed by atoms with Gasteiger partial charge in [0.1, 0.15) is 18.1 Å². The molecule has 4 aromatic rings. The zero-order chi connectivity index (χ0) is 23.5. The first-order valence-corrected chi connectivity index (χ1v) is 11.1. The summed E-state index contributed by atoms with van der Waals surface area (Å²) in [6, 6.07) is 16.4. The van der Waals surface area contributed by atoms with Gasteiger partial charge in [0.25, 0.3) is 5.91 Å². The summed E-state index contributed by atoms with van der Waals surface area (Å²) in [4.78, 5) is 12.6. The Balaban J connectivity index is 1.40. The topological polar surface area (TPSA) is 69.3 Å². The lowest BCUT2D eigenvalue weighted by Crippen LogP contribution is -2.12. The Morgan fingerprint density at radius 1 is 1.06 bits per heavy atom. The van der Waals surface area contributed by atoms with E-state index in [0.29, 0.717) is 28.2 Å². The quantitative estimate of drug-likeness (QED) is 0.321. The van der Waals surface area contributed by atoms with E-state index >= 15 is 0 Å². The number of benzene rings is 2. The number of furan rings is 1. The molecule has 2 aromatic heterocycles. The Morgan fingerprint density at radius 3 is 2.55 bits per heavy atom. The number of hydrogen-bond donors (Lipinski definition) is 1. The highest BCUT2D eigenvalue weighted by atomic mass is 35.5. The number of rotatable bonds is 7. The summed E-state index contributed by atoms with van der Waals surface area (Å²) in [5, 5.41) is 8.38. The maximum Gasteiger partial charge on any atom is 0.292 e. The highest BCUT2D eigenvalue weighted by molar-refractivity contribution is 6.35. The van der Waals surface area contributed by atoms with Crippen LogP contribution < -0.4 is 10.1 Å². The first kappa shape index (κ1) is 23.0. The molecule has 0 aliphatic rings. The van der Waals surface area contributed by atoms with Crippen LogP contribution in [0.3, 0.4) is 0 Å². The molecule has 0 atom stereocenters. The second-order valence-electron chi connectivity index (χ2n) is 7.79. The van der Waals surface area contributed by atoms with Gasteiger partial charge in [-0.05, 0) is 61.7 Å². The molecule has 0 aliphatic carbocycles. The van der Waals surface area contributed by atoms with E-state index in [1.54, 1.807) is 35.0 Å². The maximum atomic E-state index is 12.6. The van der Waals surface area contributed by atoms with Crippen LogP contribution in [0.1, 0.15) is 38.7 Å². The summed E-state index contributed by atoms with van der Waals surface area (Å²) in [5.74, 6) is 1.60. The van der Waals surface area contributed by atoms with Gasteiger partial charge in [0.05, 0.1) is 6.54 Å². The number of hydrogen-bond acceptors (Lipinski definition) is 4. The molecule has 2 heterocycles. The molecule has 0 saturated heterocycles. The summed E-state index contributed by atoms with van der Waals surface area (Å²) in [7, 11) is 0. The molecule has 0 bridgehead atoms. The molecule has 170 valence electrons. The molecule has 33 heavy (non-hydrogen) atoms. The number of ether oxygens (including phenoxy) is 1. The van der Waals surface area contributed by atoms with Gasteiger partial charge in [-0.25, -0.2) is 0 Å². The van der Waals surface area contributed by atoms with Crippen molar-refractivity contribution in [1.82, 2.24) is 9.78 Å². The number of carbonyl (C=O) groups is 1. The molecule has 0 unspecified atom stereocenters. The third kappa shape index (κ3) is 5.41. The molecule has 4 rings (SSSR count). The van der Waals surface area contributed by atoms with Crippen molar-refractivity contribution in [3.8, 4) is 5.75 Å². The van der Waals surface area contributed by atoms with E-state index in [1.165, 1.54) is 0 Å². The van der Waals surface area contributed by atoms with Crippen LogP contribution in [0, 0.1) is 20.8 Å². The summed E-state index contributed by atoms with van der Waals surface area (Å²) in [6.45, 7) is 6.58. The van der Waals surface area contributed by atoms with E-state index in [9.17, 15) is 4.79 Å². The van der Waals surface area contributed by atoms with Gasteiger partial charge in [0, 0.05) is 21.8 Å². The minimum atomic E-state index is -0.387. The van der Waals surface area contributed by atoms with Crippen molar-refractivity contribution < 1.29 is 13.9 Å². The summed E-state index contributed by atoms with van der Waals surface area (Å²) < 4.78 is 13.3.